The van der Waals surface area contributed by atoms with Gasteiger partial charge in [0.25, 0.3) is 5.91 Å². The fraction of sp³-hybridized carbons (Fsp3) is 0. The van der Waals surface area contributed by atoms with Gasteiger partial charge in [0.05, 0.1) is 10.4 Å². The minimum atomic E-state index is -0.278. The van der Waals surface area contributed by atoms with Gasteiger partial charge in [0.2, 0.25) is 0 Å². The molecule has 0 radical (unpaired) electrons. The number of hydrogen-bond acceptors (Lipinski definition) is 4. The minimum Gasteiger partial charge on any atom is -0.301 e. The predicted octanol–water partition coefficient (Wildman–Crippen LogP) is 3.03. The Bertz CT molecular complexity index is 742. The van der Waals surface area contributed by atoms with E-state index in [0.717, 1.165) is 22.7 Å². The summed E-state index contributed by atoms with van der Waals surface area (Å²) in [6, 6.07) is 9.51. The Balaban J connectivity index is 2.10. The molecule has 2 heterocycles. The van der Waals surface area contributed by atoms with Gasteiger partial charge in [-0.15, -0.1) is 0 Å². The molecule has 0 unspecified atom stereocenters. The number of amides is 1. The Morgan fingerprint density at radius 2 is 2.16 bits per heavy atom. The van der Waals surface area contributed by atoms with Crippen molar-refractivity contribution in [1.82, 2.24) is 10.3 Å². The molecule has 1 aliphatic rings. The molecule has 1 fully saturated rings. The fourth-order valence-electron chi connectivity index (χ4n) is 1.79. The normalized spacial score (nSPS) is 17.2. The highest BCUT2D eigenvalue weighted by Gasteiger charge is 2.22. The molecule has 4 nitrogen and oxygen atoms in total. The third-order valence-electron chi connectivity index (χ3n) is 2.65. The molecule has 0 saturated carbocycles. The first-order valence-electron chi connectivity index (χ1n) is 5.48. The SMILES string of the molecule is N=C1NC(=O)C(=Cc2cc3ccccc3nc2Cl)S1. The largest absolute Gasteiger partial charge is 0.301 e. The van der Waals surface area contributed by atoms with Crippen molar-refractivity contribution in [2.45, 2.75) is 0 Å². The number of rotatable bonds is 1. The monoisotopic (exact) mass is 289 g/mol. The molecule has 0 atom stereocenters. The summed E-state index contributed by atoms with van der Waals surface area (Å²) in [6.07, 6.45) is 1.66. The van der Waals surface area contributed by atoms with Crippen molar-refractivity contribution in [2.24, 2.45) is 0 Å². The summed E-state index contributed by atoms with van der Waals surface area (Å²) in [5.41, 5.74) is 1.48. The molecular weight excluding hydrogens is 282 g/mol. The summed E-state index contributed by atoms with van der Waals surface area (Å²) >= 11 is 7.20. The second kappa shape index (κ2) is 4.68. The topological polar surface area (TPSA) is 65.8 Å². The van der Waals surface area contributed by atoms with Gasteiger partial charge in [-0.05, 0) is 30.0 Å². The average molecular weight is 290 g/mol. The molecule has 1 saturated heterocycles. The van der Waals surface area contributed by atoms with Gasteiger partial charge in [-0.1, -0.05) is 29.8 Å². The third-order valence-corrected chi connectivity index (χ3v) is 3.79. The van der Waals surface area contributed by atoms with Crippen molar-refractivity contribution in [3.63, 3.8) is 0 Å². The number of halogens is 1. The lowest BCUT2D eigenvalue weighted by Gasteiger charge is -2.02. The number of benzene rings is 1. The molecule has 1 amide bonds. The van der Waals surface area contributed by atoms with E-state index in [1.165, 1.54) is 0 Å². The Morgan fingerprint density at radius 3 is 2.89 bits per heavy atom. The number of thioether (sulfide) groups is 1. The van der Waals surface area contributed by atoms with Crippen LogP contribution in [0.1, 0.15) is 5.56 Å². The Morgan fingerprint density at radius 1 is 1.37 bits per heavy atom. The molecule has 0 spiro atoms. The van der Waals surface area contributed by atoms with Crippen LogP contribution in [0, 0.1) is 5.41 Å². The zero-order chi connectivity index (χ0) is 13.4. The van der Waals surface area contributed by atoms with Crippen LogP contribution in [0.15, 0.2) is 35.2 Å². The van der Waals surface area contributed by atoms with Crippen LogP contribution in [0.3, 0.4) is 0 Å². The molecule has 94 valence electrons. The number of fused-ring (bicyclic) bond motifs is 1. The Labute approximate surface area is 118 Å². The van der Waals surface area contributed by atoms with Crippen LogP contribution in [0.2, 0.25) is 5.15 Å². The van der Waals surface area contributed by atoms with Crippen molar-refractivity contribution >= 4 is 51.4 Å². The molecule has 1 aromatic carbocycles. The van der Waals surface area contributed by atoms with E-state index in [2.05, 4.69) is 10.3 Å². The van der Waals surface area contributed by atoms with Gasteiger partial charge in [0, 0.05) is 10.9 Å². The summed E-state index contributed by atoms with van der Waals surface area (Å²) in [4.78, 5) is 16.3. The first kappa shape index (κ1) is 12.2. The van der Waals surface area contributed by atoms with Crippen LogP contribution in [-0.4, -0.2) is 16.1 Å². The maximum Gasteiger partial charge on any atom is 0.264 e. The number of amidine groups is 1. The third kappa shape index (κ3) is 2.34. The highest BCUT2D eigenvalue weighted by molar-refractivity contribution is 8.18. The zero-order valence-corrected chi connectivity index (χ0v) is 11.2. The van der Waals surface area contributed by atoms with Gasteiger partial charge in [0.15, 0.2) is 5.17 Å². The fourth-order valence-corrected chi connectivity index (χ4v) is 2.69. The van der Waals surface area contributed by atoms with Crippen molar-refractivity contribution in [2.75, 3.05) is 0 Å². The minimum absolute atomic E-state index is 0.126. The van der Waals surface area contributed by atoms with Gasteiger partial charge in [-0.25, -0.2) is 4.98 Å². The van der Waals surface area contributed by atoms with E-state index in [-0.39, 0.29) is 11.1 Å². The van der Waals surface area contributed by atoms with E-state index in [4.69, 9.17) is 17.0 Å². The van der Waals surface area contributed by atoms with Crippen LogP contribution in [0.5, 0.6) is 0 Å². The number of pyridine rings is 1. The van der Waals surface area contributed by atoms with Crippen molar-refractivity contribution in [3.8, 4) is 0 Å². The van der Waals surface area contributed by atoms with Gasteiger partial charge in [-0.3, -0.25) is 10.2 Å². The maximum absolute atomic E-state index is 11.6. The van der Waals surface area contributed by atoms with Gasteiger partial charge >= 0.3 is 0 Å². The summed E-state index contributed by atoms with van der Waals surface area (Å²) in [6.45, 7) is 0. The molecule has 2 aromatic rings. The number of aromatic nitrogens is 1. The first-order chi connectivity index (χ1) is 9.13. The lowest BCUT2D eigenvalue weighted by Crippen LogP contribution is -2.18. The van der Waals surface area contributed by atoms with Gasteiger partial charge in [-0.2, -0.15) is 0 Å². The second-order valence-corrected chi connectivity index (χ2v) is 5.37. The van der Waals surface area contributed by atoms with E-state index in [1.807, 2.05) is 30.3 Å². The molecule has 19 heavy (non-hydrogen) atoms. The highest BCUT2D eigenvalue weighted by atomic mass is 35.5. The Kier molecular flexibility index (Phi) is 3.00. The van der Waals surface area contributed by atoms with E-state index < -0.39 is 0 Å². The molecule has 1 aromatic heterocycles. The molecule has 0 aliphatic carbocycles. The van der Waals surface area contributed by atoms with Crippen molar-refractivity contribution in [3.05, 3.63) is 46.0 Å². The quantitative estimate of drug-likeness (QED) is 0.626. The summed E-state index contributed by atoms with van der Waals surface area (Å²) in [5.74, 6) is -0.278. The van der Waals surface area contributed by atoms with Gasteiger partial charge < -0.3 is 5.32 Å². The number of carbonyl (C=O) groups is 1. The lowest BCUT2D eigenvalue weighted by molar-refractivity contribution is -0.115. The smallest absolute Gasteiger partial charge is 0.264 e. The standard InChI is InChI=1S/C13H8ClN3OS/c14-11-8(6-10-12(18)17-13(15)19-10)5-7-3-1-2-4-9(7)16-11/h1-6H,(H2,15,17,18). The summed E-state index contributed by atoms with van der Waals surface area (Å²) in [5, 5.41) is 11.2. The number of carbonyl (C=O) groups excluding carboxylic acids is 1. The first-order valence-corrected chi connectivity index (χ1v) is 6.68. The van der Waals surface area contributed by atoms with Crippen LogP contribution < -0.4 is 5.32 Å². The van der Waals surface area contributed by atoms with Crippen molar-refractivity contribution < 1.29 is 4.79 Å². The van der Waals surface area contributed by atoms with Crippen LogP contribution >= 0.6 is 23.4 Å². The molecule has 0 bridgehead atoms. The number of nitrogens with zero attached hydrogens (tertiary/aromatic N) is 1. The number of para-hydroxylation sites is 1. The average Bonchev–Trinajstić information content (AvgIpc) is 2.69. The molecule has 2 N–H and O–H groups in total. The zero-order valence-electron chi connectivity index (χ0n) is 9.61. The van der Waals surface area contributed by atoms with E-state index in [9.17, 15) is 4.79 Å². The van der Waals surface area contributed by atoms with Gasteiger partial charge in [0.1, 0.15) is 5.15 Å². The van der Waals surface area contributed by atoms with Crippen LogP contribution in [0.25, 0.3) is 17.0 Å². The number of nitrogens with one attached hydrogen (secondary N) is 2. The summed E-state index contributed by atoms with van der Waals surface area (Å²) in [7, 11) is 0. The van der Waals surface area contributed by atoms with Crippen LogP contribution in [-0.2, 0) is 4.79 Å². The Hall–Kier alpha value is -1.85. The highest BCUT2D eigenvalue weighted by Crippen LogP contribution is 2.28. The van der Waals surface area contributed by atoms with E-state index in [1.54, 1.807) is 6.08 Å². The van der Waals surface area contributed by atoms with Crippen molar-refractivity contribution in [1.29, 1.82) is 5.41 Å². The molecule has 6 heteroatoms. The van der Waals surface area contributed by atoms with E-state index in [0.29, 0.717) is 15.6 Å². The maximum atomic E-state index is 11.6. The lowest BCUT2D eigenvalue weighted by atomic mass is 10.1. The van der Waals surface area contributed by atoms with Crippen LogP contribution in [0.4, 0.5) is 0 Å². The molecule has 3 rings (SSSR count). The number of hydrogen-bond donors (Lipinski definition) is 2. The predicted molar refractivity (Wildman–Crippen MR) is 78.2 cm³/mol. The second-order valence-electron chi connectivity index (χ2n) is 3.96. The molecule has 1 aliphatic heterocycles. The summed E-state index contributed by atoms with van der Waals surface area (Å²) < 4.78 is 0. The molecular formula is C13H8ClN3OS. The van der Waals surface area contributed by atoms with E-state index >= 15 is 0 Å².